The van der Waals surface area contributed by atoms with Crippen LogP contribution >= 0.6 is 0 Å². The topological polar surface area (TPSA) is 63.7 Å². The van der Waals surface area contributed by atoms with Crippen LogP contribution in [-0.4, -0.2) is 24.9 Å². The van der Waals surface area contributed by atoms with Crippen LogP contribution in [0.25, 0.3) is 0 Å². The van der Waals surface area contributed by atoms with E-state index in [1.54, 1.807) is 12.1 Å². The minimum Gasteiger partial charge on any atom is -0.465 e. The smallest absolute Gasteiger partial charge is 0.337 e. The molecule has 0 saturated carbocycles. The Bertz CT molecular complexity index is 521. The van der Waals surface area contributed by atoms with Gasteiger partial charge in [-0.3, -0.25) is 14.5 Å². The maximum Gasteiger partial charge on any atom is 0.337 e. The average Bonchev–Trinajstić information content (AvgIpc) is 2.62. The predicted molar refractivity (Wildman–Crippen MR) is 59.7 cm³/mol. The molecule has 0 spiro atoms. The van der Waals surface area contributed by atoms with Gasteiger partial charge in [-0.2, -0.15) is 0 Å². The van der Waals surface area contributed by atoms with Gasteiger partial charge < -0.3 is 4.74 Å². The van der Waals surface area contributed by atoms with Crippen molar-refractivity contribution in [2.45, 2.75) is 13.3 Å². The molecule has 5 nitrogen and oxygen atoms in total. The number of methoxy groups -OCH3 is 1. The SMILES string of the molecule is COC(=O)c1ccc2c(c1)N(C(C)=O)C(=O)C2. The lowest BCUT2D eigenvalue weighted by molar-refractivity contribution is -0.124. The zero-order valence-corrected chi connectivity index (χ0v) is 9.52. The molecule has 0 aromatic heterocycles. The van der Waals surface area contributed by atoms with Crippen LogP contribution in [0.15, 0.2) is 18.2 Å². The Kier molecular flexibility index (Phi) is 2.67. The number of imide groups is 1. The third kappa shape index (κ3) is 1.80. The van der Waals surface area contributed by atoms with Crippen molar-refractivity contribution in [3.63, 3.8) is 0 Å². The third-order valence-electron chi connectivity index (χ3n) is 2.65. The summed E-state index contributed by atoms with van der Waals surface area (Å²) >= 11 is 0. The number of benzene rings is 1. The molecule has 88 valence electrons. The van der Waals surface area contributed by atoms with Gasteiger partial charge in [-0.05, 0) is 17.7 Å². The van der Waals surface area contributed by atoms with Crippen molar-refractivity contribution in [2.75, 3.05) is 12.0 Å². The number of fused-ring (bicyclic) bond motifs is 1. The first-order chi connectivity index (χ1) is 8.04. The van der Waals surface area contributed by atoms with Gasteiger partial charge in [-0.15, -0.1) is 0 Å². The Morgan fingerprint density at radius 3 is 2.65 bits per heavy atom. The first-order valence-electron chi connectivity index (χ1n) is 5.09. The summed E-state index contributed by atoms with van der Waals surface area (Å²) in [5.74, 6) is -1.11. The van der Waals surface area contributed by atoms with Gasteiger partial charge in [0.2, 0.25) is 11.8 Å². The zero-order chi connectivity index (χ0) is 12.6. The molecule has 1 aromatic rings. The number of nitrogens with zero attached hydrogens (tertiary/aromatic N) is 1. The Balaban J connectivity index is 2.49. The molecule has 1 aliphatic rings. The molecular weight excluding hydrogens is 222 g/mol. The Morgan fingerprint density at radius 1 is 1.35 bits per heavy atom. The van der Waals surface area contributed by atoms with Crippen LogP contribution < -0.4 is 4.90 Å². The van der Waals surface area contributed by atoms with E-state index in [-0.39, 0.29) is 18.2 Å². The lowest BCUT2D eigenvalue weighted by Gasteiger charge is -2.13. The van der Waals surface area contributed by atoms with Crippen molar-refractivity contribution in [1.82, 2.24) is 0 Å². The monoisotopic (exact) mass is 233 g/mol. The first kappa shape index (κ1) is 11.3. The van der Waals surface area contributed by atoms with E-state index in [1.165, 1.54) is 20.1 Å². The van der Waals surface area contributed by atoms with Gasteiger partial charge in [0.25, 0.3) is 0 Å². The largest absolute Gasteiger partial charge is 0.465 e. The lowest BCUT2D eigenvalue weighted by Crippen LogP contribution is -2.31. The van der Waals surface area contributed by atoms with Crippen LogP contribution in [0, 0.1) is 0 Å². The molecule has 2 amide bonds. The molecule has 5 heteroatoms. The number of ether oxygens (including phenoxy) is 1. The third-order valence-corrected chi connectivity index (χ3v) is 2.65. The Labute approximate surface area is 98.0 Å². The number of carbonyl (C=O) groups excluding carboxylic acids is 3. The molecule has 0 bridgehead atoms. The molecule has 0 radical (unpaired) electrons. The number of carbonyl (C=O) groups is 3. The van der Waals surface area contributed by atoms with Gasteiger partial charge in [0.15, 0.2) is 0 Å². The van der Waals surface area contributed by atoms with Crippen molar-refractivity contribution in [3.05, 3.63) is 29.3 Å². The molecule has 0 N–H and O–H groups in total. The molecule has 0 aliphatic carbocycles. The number of hydrogen-bond acceptors (Lipinski definition) is 4. The highest BCUT2D eigenvalue weighted by Crippen LogP contribution is 2.30. The second-order valence-electron chi connectivity index (χ2n) is 3.76. The van der Waals surface area contributed by atoms with Gasteiger partial charge in [0.05, 0.1) is 24.8 Å². The molecule has 1 heterocycles. The van der Waals surface area contributed by atoms with E-state index < -0.39 is 5.97 Å². The molecule has 2 rings (SSSR count). The zero-order valence-electron chi connectivity index (χ0n) is 9.52. The van der Waals surface area contributed by atoms with Crippen LogP contribution in [0.2, 0.25) is 0 Å². The van der Waals surface area contributed by atoms with Crippen LogP contribution in [0.1, 0.15) is 22.8 Å². The molecule has 0 saturated heterocycles. The fraction of sp³-hybridized carbons (Fsp3) is 0.250. The molecule has 0 fully saturated rings. The lowest BCUT2D eigenvalue weighted by atomic mass is 10.1. The van der Waals surface area contributed by atoms with Gasteiger partial charge in [-0.25, -0.2) is 4.79 Å². The van der Waals surface area contributed by atoms with E-state index in [4.69, 9.17) is 0 Å². The van der Waals surface area contributed by atoms with Crippen molar-refractivity contribution < 1.29 is 19.1 Å². The van der Waals surface area contributed by atoms with Gasteiger partial charge >= 0.3 is 5.97 Å². The van der Waals surface area contributed by atoms with Crippen molar-refractivity contribution >= 4 is 23.5 Å². The fourth-order valence-corrected chi connectivity index (χ4v) is 1.89. The summed E-state index contributed by atoms with van der Waals surface area (Å²) < 4.78 is 4.59. The highest BCUT2D eigenvalue weighted by atomic mass is 16.5. The van der Waals surface area contributed by atoms with Crippen molar-refractivity contribution in [2.24, 2.45) is 0 Å². The van der Waals surface area contributed by atoms with E-state index >= 15 is 0 Å². The second-order valence-corrected chi connectivity index (χ2v) is 3.76. The Morgan fingerprint density at radius 2 is 2.06 bits per heavy atom. The number of rotatable bonds is 1. The Hall–Kier alpha value is -2.17. The summed E-state index contributed by atoms with van der Waals surface area (Å²) in [6.45, 7) is 1.32. The van der Waals surface area contributed by atoms with E-state index in [1.807, 2.05) is 0 Å². The van der Waals surface area contributed by atoms with Gasteiger partial charge in [-0.1, -0.05) is 6.07 Å². The van der Waals surface area contributed by atoms with Gasteiger partial charge in [0.1, 0.15) is 0 Å². The van der Waals surface area contributed by atoms with E-state index in [9.17, 15) is 14.4 Å². The van der Waals surface area contributed by atoms with Crippen LogP contribution in [0.5, 0.6) is 0 Å². The summed E-state index contributed by atoms with van der Waals surface area (Å²) in [6.07, 6.45) is 0.191. The van der Waals surface area contributed by atoms with E-state index in [2.05, 4.69) is 4.74 Å². The second kappa shape index (κ2) is 4.01. The maximum absolute atomic E-state index is 11.6. The predicted octanol–water partition coefficient (Wildman–Crippen LogP) is 0.909. The van der Waals surface area contributed by atoms with E-state index in [0.29, 0.717) is 11.3 Å². The summed E-state index contributed by atoms with van der Waals surface area (Å²) in [6, 6.07) is 4.76. The average molecular weight is 233 g/mol. The maximum atomic E-state index is 11.6. The summed E-state index contributed by atoms with van der Waals surface area (Å²) in [5, 5.41) is 0. The molecule has 0 atom stereocenters. The minimum absolute atomic E-state index is 0.191. The standard InChI is InChI=1S/C12H11NO4/c1-7(14)13-10-5-9(12(16)17-2)4-3-8(10)6-11(13)15/h3-5H,6H2,1-2H3. The molecular formula is C12H11NO4. The normalized spacial score (nSPS) is 13.5. The highest BCUT2D eigenvalue weighted by molar-refractivity contribution is 6.18. The minimum atomic E-state index is -0.490. The number of esters is 1. The van der Waals surface area contributed by atoms with Gasteiger partial charge in [0, 0.05) is 6.92 Å². The molecule has 17 heavy (non-hydrogen) atoms. The van der Waals surface area contributed by atoms with Crippen molar-refractivity contribution in [3.8, 4) is 0 Å². The highest BCUT2D eigenvalue weighted by Gasteiger charge is 2.30. The first-order valence-corrected chi connectivity index (χ1v) is 5.09. The summed E-state index contributed by atoms with van der Waals surface area (Å²) in [7, 11) is 1.28. The summed E-state index contributed by atoms with van der Waals surface area (Å²) in [4.78, 5) is 35.4. The van der Waals surface area contributed by atoms with Crippen molar-refractivity contribution in [1.29, 1.82) is 0 Å². The van der Waals surface area contributed by atoms with Crippen LogP contribution in [-0.2, 0) is 20.7 Å². The molecule has 1 aromatic carbocycles. The number of hydrogen-bond donors (Lipinski definition) is 0. The quantitative estimate of drug-likeness (QED) is 0.676. The van der Waals surface area contributed by atoms with Crippen LogP contribution in [0.3, 0.4) is 0 Å². The fourth-order valence-electron chi connectivity index (χ4n) is 1.89. The molecule has 0 unspecified atom stereocenters. The molecule has 1 aliphatic heterocycles. The number of amides is 2. The summed E-state index contributed by atoms with van der Waals surface area (Å²) in [5.41, 5.74) is 1.55. The van der Waals surface area contributed by atoms with E-state index in [0.717, 1.165) is 10.5 Å². The van der Waals surface area contributed by atoms with Crippen LogP contribution in [0.4, 0.5) is 5.69 Å². The number of anilines is 1.